The van der Waals surface area contributed by atoms with Crippen molar-refractivity contribution >= 4 is 46.9 Å². The number of imide groups is 1. The summed E-state index contributed by atoms with van der Waals surface area (Å²) in [6.07, 6.45) is 5.82. The fourth-order valence-corrected chi connectivity index (χ4v) is 7.52. The maximum Gasteiger partial charge on any atom is 0.328 e. The maximum atomic E-state index is 12.6. The monoisotopic (exact) mass is 680 g/mol. The predicted octanol–water partition coefficient (Wildman–Crippen LogP) is 3.48. The summed E-state index contributed by atoms with van der Waals surface area (Å²) >= 11 is 0. The summed E-state index contributed by atoms with van der Waals surface area (Å²) in [7, 11) is 1.83. The number of carbonyl (C=O) groups is 4. The molecule has 7 rings (SSSR count). The summed E-state index contributed by atoms with van der Waals surface area (Å²) in [5.74, 6) is 0.498. The molecule has 6 amide bonds. The van der Waals surface area contributed by atoms with Gasteiger partial charge in [0, 0.05) is 64.1 Å². The Kier molecular flexibility index (Phi) is 9.52. The molecule has 4 N–H and O–H groups in total. The molecule has 4 aliphatic rings. The van der Waals surface area contributed by atoms with Gasteiger partial charge in [0.1, 0.15) is 5.82 Å². The van der Waals surface area contributed by atoms with Gasteiger partial charge in [0.05, 0.1) is 12.2 Å². The third-order valence-corrected chi connectivity index (χ3v) is 10.3. The highest BCUT2D eigenvalue weighted by molar-refractivity contribution is 6.05. The predicted molar refractivity (Wildman–Crippen MR) is 189 cm³/mol. The highest BCUT2D eigenvalue weighted by Gasteiger charge is 2.35. The topological polar surface area (TPSA) is 160 Å². The van der Waals surface area contributed by atoms with E-state index in [1.54, 1.807) is 16.0 Å². The van der Waals surface area contributed by atoms with Crippen molar-refractivity contribution in [2.45, 2.75) is 50.6 Å². The van der Waals surface area contributed by atoms with E-state index in [9.17, 15) is 19.2 Å². The Labute approximate surface area is 291 Å². The van der Waals surface area contributed by atoms with Crippen molar-refractivity contribution in [2.24, 2.45) is 5.73 Å². The minimum absolute atomic E-state index is 0.0659. The molecule has 4 aliphatic heterocycles. The Morgan fingerprint density at radius 2 is 1.78 bits per heavy atom. The Balaban J connectivity index is 0.957. The van der Waals surface area contributed by atoms with Gasteiger partial charge in [0.2, 0.25) is 5.91 Å². The molecule has 2 aromatic carbocycles. The van der Waals surface area contributed by atoms with Gasteiger partial charge in [-0.25, -0.2) is 19.6 Å². The number of amides is 6. The Hall–Kier alpha value is -5.24. The number of hydrogen-bond donors (Lipinski definition) is 3. The molecule has 3 aromatic rings. The first kappa shape index (κ1) is 33.3. The smallest absolute Gasteiger partial charge is 0.328 e. The van der Waals surface area contributed by atoms with Crippen molar-refractivity contribution in [1.29, 1.82) is 0 Å². The maximum absolute atomic E-state index is 12.6. The quantitative estimate of drug-likeness (QED) is 0.308. The van der Waals surface area contributed by atoms with Gasteiger partial charge >= 0.3 is 12.1 Å². The van der Waals surface area contributed by atoms with Crippen molar-refractivity contribution in [2.75, 3.05) is 68.0 Å². The molecule has 0 radical (unpaired) electrons. The minimum atomic E-state index is -0.655. The second-order valence-electron chi connectivity index (χ2n) is 13.7. The SMILES string of the molecule is CN1CCN([C@@H]2CCCN(c3cnc(C(N)=O)c(Nc4ccc(C5CCN(Cc6cccc(N7CCC(=O)NC7=O)c6)CC5)cc4)n3)C2)C1=O. The lowest BCUT2D eigenvalue weighted by atomic mass is 9.89. The lowest BCUT2D eigenvalue weighted by Crippen LogP contribution is -2.49. The number of carbonyl (C=O) groups excluding carboxylic acids is 4. The van der Waals surface area contributed by atoms with Gasteiger partial charge in [-0.1, -0.05) is 24.3 Å². The van der Waals surface area contributed by atoms with E-state index in [4.69, 9.17) is 10.7 Å². The lowest BCUT2D eigenvalue weighted by molar-refractivity contribution is -0.120. The number of nitrogens with one attached hydrogen (secondary N) is 2. The number of hydrogen-bond acceptors (Lipinski definition) is 9. The Bertz CT molecular complexity index is 1760. The van der Waals surface area contributed by atoms with Gasteiger partial charge in [-0.05, 0) is 80.1 Å². The van der Waals surface area contributed by atoms with Crippen LogP contribution in [-0.4, -0.2) is 107 Å². The van der Waals surface area contributed by atoms with Crippen molar-refractivity contribution in [3.8, 4) is 0 Å². The van der Waals surface area contributed by atoms with E-state index in [2.05, 4.69) is 43.6 Å². The zero-order chi connectivity index (χ0) is 34.8. The molecule has 1 aromatic heterocycles. The number of nitrogens with zero attached hydrogens (tertiary/aromatic N) is 7. The summed E-state index contributed by atoms with van der Waals surface area (Å²) in [5.41, 5.74) is 9.76. The summed E-state index contributed by atoms with van der Waals surface area (Å²) < 4.78 is 0. The molecule has 0 unspecified atom stereocenters. The zero-order valence-electron chi connectivity index (χ0n) is 28.4. The van der Waals surface area contributed by atoms with Crippen LogP contribution in [0.3, 0.4) is 0 Å². The van der Waals surface area contributed by atoms with Crippen LogP contribution in [0.5, 0.6) is 0 Å². The van der Waals surface area contributed by atoms with Crippen molar-refractivity contribution < 1.29 is 19.2 Å². The van der Waals surface area contributed by atoms with E-state index in [1.165, 1.54) is 5.56 Å². The van der Waals surface area contributed by atoms with Crippen LogP contribution < -0.4 is 26.2 Å². The van der Waals surface area contributed by atoms with Gasteiger partial charge in [0.25, 0.3) is 5.91 Å². The second-order valence-corrected chi connectivity index (χ2v) is 13.7. The van der Waals surface area contributed by atoms with Gasteiger partial charge in [-0.3, -0.25) is 24.7 Å². The van der Waals surface area contributed by atoms with Crippen LogP contribution in [0.2, 0.25) is 0 Å². The molecule has 0 spiro atoms. The normalized spacial score (nSPS) is 20.7. The minimum Gasteiger partial charge on any atom is -0.364 e. The first-order valence-corrected chi connectivity index (χ1v) is 17.4. The van der Waals surface area contributed by atoms with E-state index < -0.39 is 5.91 Å². The summed E-state index contributed by atoms with van der Waals surface area (Å²) in [5, 5.41) is 5.68. The zero-order valence-corrected chi connectivity index (χ0v) is 28.4. The number of aromatic nitrogens is 2. The molecule has 50 heavy (non-hydrogen) atoms. The molecule has 0 bridgehead atoms. The van der Waals surface area contributed by atoms with E-state index >= 15 is 0 Å². The standard InChI is InChI=1S/C36H44N10O4/c1-42-18-19-46(36(42)50)29-6-3-14-44(23-29)30-21-38-32(33(37)48)34(40-30)39-27-9-7-25(8-10-27)26-11-15-43(16-12-26)22-24-4-2-5-28(20-24)45-17-13-31(47)41-35(45)49/h2,4-5,7-10,20-21,26,29H,3,6,11-19,22-23H2,1H3,(H2,37,48)(H,39,40)(H,41,47,49)/t29-/m1/s1. The number of rotatable bonds is 9. The van der Waals surface area contributed by atoms with E-state index in [1.807, 2.05) is 42.3 Å². The molecule has 14 nitrogen and oxygen atoms in total. The molecule has 14 heteroatoms. The van der Waals surface area contributed by atoms with E-state index in [0.29, 0.717) is 37.1 Å². The van der Waals surface area contributed by atoms with Gasteiger partial charge in [0.15, 0.2) is 11.5 Å². The first-order chi connectivity index (χ1) is 24.2. The molecule has 4 saturated heterocycles. The number of urea groups is 2. The number of anilines is 4. The Morgan fingerprint density at radius 3 is 2.50 bits per heavy atom. The average molecular weight is 681 g/mol. The summed E-state index contributed by atoms with van der Waals surface area (Å²) in [6.45, 7) is 6.01. The number of likely N-dealkylation sites (N-methyl/N-ethyl adjacent to an activating group) is 1. The van der Waals surface area contributed by atoms with Crippen LogP contribution in [0.4, 0.5) is 32.6 Å². The highest BCUT2D eigenvalue weighted by atomic mass is 16.2. The molecule has 0 saturated carbocycles. The van der Waals surface area contributed by atoms with Crippen LogP contribution >= 0.6 is 0 Å². The number of nitrogens with two attached hydrogens (primary N) is 1. The molecule has 1 atom stereocenters. The van der Waals surface area contributed by atoms with Crippen molar-refractivity contribution in [3.05, 3.63) is 71.5 Å². The van der Waals surface area contributed by atoms with Crippen molar-refractivity contribution in [1.82, 2.24) is 30.0 Å². The third kappa shape index (κ3) is 7.20. The van der Waals surface area contributed by atoms with Crippen LogP contribution in [0.1, 0.15) is 59.6 Å². The molecule has 0 aliphatic carbocycles. The van der Waals surface area contributed by atoms with Gasteiger partial charge < -0.3 is 25.8 Å². The van der Waals surface area contributed by atoms with Crippen molar-refractivity contribution in [3.63, 3.8) is 0 Å². The van der Waals surface area contributed by atoms with E-state index in [0.717, 1.165) is 81.9 Å². The first-order valence-electron chi connectivity index (χ1n) is 17.4. The van der Waals surface area contributed by atoms with E-state index in [-0.39, 0.29) is 29.7 Å². The lowest BCUT2D eigenvalue weighted by Gasteiger charge is -2.37. The molecular weight excluding hydrogens is 636 g/mol. The molecular formula is C36H44N10O4. The fourth-order valence-electron chi connectivity index (χ4n) is 7.52. The van der Waals surface area contributed by atoms with Gasteiger partial charge in [-0.2, -0.15) is 0 Å². The van der Waals surface area contributed by atoms with Crippen LogP contribution in [-0.2, 0) is 11.3 Å². The second kappa shape index (κ2) is 14.3. The van der Waals surface area contributed by atoms with Crippen LogP contribution in [0.15, 0.2) is 54.7 Å². The number of primary amides is 1. The molecule has 262 valence electrons. The third-order valence-electron chi connectivity index (χ3n) is 10.3. The number of piperidine rings is 2. The highest BCUT2D eigenvalue weighted by Crippen LogP contribution is 2.31. The van der Waals surface area contributed by atoms with Crippen LogP contribution in [0, 0.1) is 0 Å². The summed E-state index contributed by atoms with van der Waals surface area (Å²) in [4.78, 5) is 67.9. The van der Waals surface area contributed by atoms with Crippen LogP contribution in [0.25, 0.3) is 0 Å². The number of benzene rings is 2. The largest absolute Gasteiger partial charge is 0.364 e. The summed E-state index contributed by atoms with van der Waals surface area (Å²) in [6, 6.07) is 16.0. The molecule has 5 heterocycles. The fraction of sp³-hybridized carbons (Fsp3) is 0.444. The molecule has 4 fully saturated rings. The average Bonchev–Trinajstić information content (AvgIpc) is 3.46. The Morgan fingerprint density at radius 1 is 0.980 bits per heavy atom. The number of likely N-dealkylation sites (tertiary alicyclic amines) is 1. The van der Waals surface area contributed by atoms with Gasteiger partial charge in [-0.15, -0.1) is 0 Å².